The first kappa shape index (κ1) is 18.9. The lowest BCUT2D eigenvalue weighted by atomic mass is 10.00. The van der Waals surface area contributed by atoms with Crippen molar-refractivity contribution in [2.24, 2.45) is 5.92 Å². The summed E-state index contributed by atoms with van der Waals surface area (Å²) in [4.78, 5) is 36.5. The maximum atomic E-state index is 12.1. The lowest BCUT2D eigenvalue weighted by Gasteiger charge is -2.31. The molecule has 2 heterocycles. The summed E-state index contributed by atoms with van der Waals surface area (Å²) in [6.07, 6.45) is 2.43. The fraction of sp³-hybridized carbons (Fsp3) is 0.688. The molecule has 1 aliphatic heterocycles. The first-order valence-corrected chi connectivity index (χ1v) is 8.52. The lowest BCUT2D eigenvalue weighted by molar-refractivity contribution is -0.386. The molecular formula is C16H25N5O4. The molecule has 0 radical (unpaired) electrons. The molecule has 138 valence electrons. The highest BCUT2D eigenvalue weighted by atomic mass is 16.6. The zero-order valence-electron chi connectivity index (χ0n) is 14.9. The zero-order chi connectivity index (χ0) is 18.6. The lowest BCUT2D eigenvalue weighted by Crippen LogP contribution is -2.40. The Bertz CT molecular complexity index is 670. The minimum absolute atomic E-state index is 0.0496. The second-order valence-electron chi connectivity index (χ2n) is 6.62. The fourth-order valence-electron chi connectivity index (χ4n) is 3.18. The molecule has 1 aromatic heterocycles. The van der Waals surface area contributed by atoms with Crippen LogP contribution in [0.5, 0.6) is 0 Å². The Balaban J connectivity index is 1.80. The first-order valence-electron chi connectivity index (χ1n) is 8.52. The summed E-state index contributed by atoms with van der Waals surface area (Å²) in [5.74, 6) is 0.253. The SMILES string of the molecule is Cc1nn(CC(=O)NCCC(=O)N2CCCC(C)C2)c(C)c1[N+](=O)[O-]. The maximum Gasteiger partial charge on any atom is 0.312 e. The van der Waals surface area contributed by atoms with E-state index in [-0.39, 0.29) is 42.7 Å². The summed E-state index contributed by atoms with van der Waals surface area (Å²) >= 11 is 0. The van der Waals surface area contributed by atoms with E-state index in [2.05, 4.69) is 17.3 Å². The number of piperidine rings is 1. The fourth-order valence-corrected chi connectivity index (χ4v) is 3.18. The van der Waals surface area contributed by atoms with Crippen molar-refractivity contribution in [1.82, 2.24) is 20.0 Å². The number of nitrogens with zero attached hydrogens (tertiary/aromatic N) is 4. The number of carbonyl (C=O) groups excluding carboxylic acids is 2. The second-order valence-corrected chi connectivity index (χ2v) is 6.62. The maximum absolute atomic E-state index is 12.1. The molecule has 0 aromatic carbocycles. The van der Waals surface area contributed by atoms with E-state index < -0.39 is 4.92 Å². The minimum atomic E-state index is -0.496. The van der Waals surface area contributed by atoms with E-state index in [1.54, 1.807) is 6.92 Å². The highest BCUT2D eigenvalue weighted by Gasteiger charge is 2.23. The second kappa shape index (κ2) is 8.09. The number of likely N-dealkylation sites (tertiary alicyclic amines) is 1. The zero-order valence-corrected chi connectivity index (χ0v) is 14.9. The van der Waals surface area contributed by atoms with E-state index in [1.165, 1.54) is 11.6 Å². The molecular weight excluding hydrogens is 326 g/mol. The van der Waals surface area contributed by atoms with Crippen molar-refractivity contribution in [1.29, 1.82) is 0 Å². The number of carbonyl (C=O) groups is 2. The number of amides is 2. The van der Waals surface area contributed by atoms with Crippen molar-refractivity contribution in [2.45, 2.75) is 46.6 Å². The molecule has 1 atom stereocenters. The van der Waals surface area contributed by atoms with Gasteiger partial charge in [0.2, 0.25) is 11.8 Å². The largest absolute Gasteiger partial charge is 0.354 e. The van der Waals surface area contributed by atoms with Crippen LogP contribution in [0.2, 0.25) is 0 Å². The van der Waals surface area contributed by atoms with Crippen molar-refractivity contribution in [3.8, 4) is 0 Å². The summed E-state index contributed by atoms with van der Waals surface area (Å²) < 4.78 is 1.32. The molecule has 2 amide bonds. The van der Waals surface area contributed by atoms with Gasteiger partial charge in [0.1, 0.15) is 17.9 Å². The molecule has 1 N–H and O–H groups in total. The van der Waals surface area contributed by atoms with E-state index in [4.69, 9.17) is 0 Å². The van der Waals surface area contributed by atoms with Crippen LogP contribution in [0.25, 0.3) is 0 Å². The number of rotatable bonds is 6. The van der Waals surface area contributed by atoms with Crippen molar-refractivity contribution in [3.05, 3.63) is 21.5 Å². The Hall–Kier alpha value is -2.45. The molecule has 1 aromatic rings. The number of nitrogens with one attached hydrogen (secondary N) is 1. The molecule has 0 spiro atoms. The predicted octanol–water partition coefficient (Wildman–Crippen LogP) is 1.17. The van der Waals surface area contributed by atoms with E-state index in [0.29, 0.717) is 11.6 Å². The number of hydrogen-bond acceptors (Lipinski definition) is 5. The Morgan fingerprint density at radius 3 is 2.72 bits per heavy atom. The van der Waals surface area contributed by atoms with Gasteiger partial charge in [0.15, 0.2) is 0 Å². The van der Waals surface area contributed by atoms with Crippen LogP contribution in [0.3, 0.4) is 0 Å². The van der Waals surface area contributed by atoms with E-state index >= 15 is 0 Å². The highest BCUT2D eigenvalue weighted by molar-refractivity contribution is 5.79. The smallest absolute Gasteiger partial charge is 0.312 e. The summed E-state index contributed by atoms with van der Waals surface area (Å²) in [7, 11) is 0. The third-order valence-corrected chi connectivity index (χ3v) is 4.49. The molecule has 1 unspecified atom stereocenters. The molecule has 0 saturated carbocycles. The number of aryl methyl sites for hydroxylation is 1. The minimum Gasteiger partial charge on any atom is -0.354 e. The standard InChI is InChI=1S/C16H25N5O4/c1-11-5-4-8-19(9-11)15(23)6-7-17-14(22)10-20-13(3)16(21(24)25)12(2)18-20/h11H,4-10H2,1-3H3,(H,17,22). The van der Waals surface area contributed by atoms with Crippen LogP contribution in [0.1, 0.15) is 37.6 Å². The van der Waals surface area contributed by atoms with Crippen LogP contribution in [0, 0.1) is 29.9 Å². The number of nitro groups is 1. The molecule has 25 heavy (non-hydrogen) atoms. The molecule has 9 nitrogen and oxygen atoms in total. The van der Waals surface area contributed by atoms with Gasteiger partial charge in [0, 0.05) is 26.1 Å². The van der Waals surface area contributed by atoms with Crippen LogP contribution in [0.4, 0.5) is 5.69 Å². The Labute approximate surface area is 146 Å². The number of aromatic nitrogens is 2. The molecule has 1 aliphatic rings. The highest BCUT2D eigenvalue weighted by Crippen LogP contribution is 2.21. The van der Waals surface area contributed by atoms with Gasteiger partial charge in [-0.05, 0) is 32.6 Å². The van der Waals surface area contributed by atoms with Gasteiger partial charge in [-0.3, -0.25) is 24.4 Å². The monoisotopic (exact) mass is 351 g/mol. The summed E-state index contributed by atoms with van der Waals surface area (Å²) in [5, 5.41) is 17.7. The van der Waals surface area contributed by atoms with E-state index in [0.717, 1.165) is 25.9 Å². The molecule has 9 heteroatoms. The quantitative estimate of drug-likeness (QED) is 0.611. The molecule has 1 saturated heterocycles. The van der Waals surface area contributed by atoms with Crippen molar-refractivity contribution < 1.29 is 14.5 Å². The predicted molar refractivity (Wildman–Crippen MR) is 91.0 cm³/mol. The Morgan fingerprint density at radius 2 is 2.12 bits per heavy atom. The van der Waals surface area contributed by atoms with Crippen LogP contribution >= 0.6 is 0 Å². The van der Waals surface area contributed by atoms with Gasteiger partial charge in [-0.2, -0.15) is 5.10 Å². The Kier molecular flexibility index (Phi) is 6.11. The van der Waals surface area contributed by atoms with Gasteiger partial charge < -0.3 is 10.2 Å². The van der Waals surface area contributed by atoms with Gasteiger partial charge >= 0.3 is 5.69 Å². The van der Waals surface area contributed by atoms with Gasteiger partial charge in [-0.15, -0.1) is 0 Å². The summed E-state index contributed by atoms with van der Waals surface area (Å²) in [5.41, 5.74) is 0.558. The van der Waals surface area contributed by atoms with Crippen molar-refractivity contribution in [3.63, 3.8) is 0 Å². The number of hydrogen-bond donors (Lipinski definition) is 1. The first-order chi connectivity index (χ1) is 11.8. The van der Waals surface area contributed by atoms with E-state index in [9.17, 15) is 19.7 Å². The molecule has 0 aliphatic carbocycles. The van der Waals surface area contributed by atoms with Crippen LogP contribution in [0.15, 0.2) is 0 Å². The van der Waals surface area contributed by atoms with Crippen molar-refractivity contribution >= 4 is 17.5 Å². The Morgan fingerprint density at radius 1 is 1.40 bits per heavy atom. The van der Waals surface area contributed by atoms with Crippen LogP contribution in [-0.2, 0) is 16.1 Å². The summed E-state index contributed by atoms with van der Waals surface area (Å²) in [6.45, 7) is 6.95. The van der Waals surface area contributed by atoms with Gasteiger partial charge in [-0.1, -0.05) is 6.92 Å². The van der Waals surface area contributed by atoms with Gasteiger partial charge in [0.05, 0.1) is 4.92 Å². The van der Waals surface area contributed by atoms with Crippen LogP contribution in [-0.4, -0.2) is 51.1 Å². The molecule has 0 bridgehead atoms. The van der Waals surface area contributed by atoms with Gasteiger partial charge in [0.25, 0.3) is 0 Å². The third-order valence-electron chi connectivity index (χ3n) is 4.49. The normalized spacial score (nSPS) is 17.4. The van der Waals surface area contributed by atoms with E-state index in [1.807, 2.05) is 4.90 Å². The molecule has 1 fully saturated rings. The average Bonchev–Trinajstić information content (AvgIpc) is 2.81. The van der Waals surface area contributed by atoms with Crippen molar-refractivity contribution in [2.75, 3.05) is 19.6 Å². The third kappa shape index (κ3) is 4.77. The summed E-state index contributed by atoms with van der Waals surface area (Å²) in [6, 6.07) is 0. The molecule has 2 rings (SSSR count). The van der Waals surface area contributed by atoms with Crippen LogP contribution < -0.4 is 5.32 Å². The average molecular weight is 351 g/mol. The van der Waals surface area contributed by atoms with Gasteiger partial charge in [-0.25, -0.2) is 0 Å². The topological polar surface area (TPSA) is 110 Å².